The van der Waals surface area contributed by atoms with Crippen LogP contribution >= 0.6 is 0 Å². The van der Waals surface area contributed by atoms with Crippen molar-refractivity contribution >= 4 is 10.8 Å². The van der Waals surface area contributed by atoms with Crippen LogP contribution in [0.5, 0.6) is 0 Å². The molecule has 16 heavy (non-hydrogen) atoms. The smallest absolute Gasteiger partial charge is 0.0249 e. The van der Waals surface area contributed by atoms with E-state index in [1.165, 1.54) is 13.1 Å². The lowest BCUT2D eigenvalue weighted by Crippen LogP contribution is -2.56. The highest BCUT2D eigenvalue weighted by Crippen LogP contribution is 2.19. The molecule has 0 spiro atoms. The molecular formula is C12H24N2OS. The summed E-state index contributed by atoms with van der Waals surface area (Å²) in [7, 11) is -0.525. The van der Waals surface area contributed by atoms with Crippen LogP contribution in [0.3, 0.4) is 0 Å². The third-order valence-electron chi connectivity index (χ3n) is 3.92. The minimum atomic E-state index is -0.525. The second-order valence-electron chi connectivity index (χ2n) is 5.38. The number of nitrogens with zero attached hydrogens (tertiary/aromatic N) is 1. The predicted molar refractivity (Wildman–Crippen MR) is 69.1 cm³/mol. The summed E-state index contributed by atoms with van der Waals surface area (Å²) in [5, 5.41) is 3.59. The standard InChI is InChI=1S/C12H24N2OS/c1-10(2)12-9-14(6-5-13-12)11-3-7-16(15)8-4-11/h10-13H,3-9H2,1-2H3. The van der Waals surface area contributed by atoms with Crippen LogP contribution < -0.4 is 5.32 Å². The Morgan fingerprint density at radius 1 is 1.31 bits per heavy atom. The van der Waals surface area contributed by atoms with Crippen molar-refractivity contribution in [3.63, 3.8) is 0 Å². The molecule has 1 N–H and O–H groups in total. The van der Waals surface area contributed by atoms with Crippen molar-refractivity contribution in [2.75, 3.05) is 31.1 Å². The summed E-state index contributed by atoms with van der Waals surface area (Å²) in [6.45, 7) is 8.03. The van der Waals surface area contributed by atoms with Gasteiger partial charge in [-0.25, -0.2) is 0 Å². The number of hydrogen-bond donors (Lipinski definition) is 1. The van der Waals surface area contributed by atoms with Gasteiger partial charge < -0.3 is 5.32 Å². The van der Waals surface area contributed by atoms with Crippen LogP contribution in [0.4, 0.5) is 0 Å². The molecule has 2 aliphatic heterocycles. The molecule has 4 heteroatoms. The van der Waals surface area contributed by atoms with E-state index in [1.54, 1.807) is 0 Å². The first-order chi connectivity index (χ1) is 7.66. The van der Waals surface area contributed by atoms with Crippen LogP contribution in [0, 0.1) is 5.92 Å². The molecular weight excluding hydrogens is 220 g/mol. The van der Waals surface area contributed by atoms with Crippen molar-refractivity contribution in [2.24, 2.45) is 5.92 Å². The molecule has 1 unspecified atom stereocenters. The molecule has 0 radical (unpaired) electrons. The van der Waals surface area contributed by atoms with E-state index < -0.39 is 10.8 Å². The van der Waals surface area contributed by atoms with Crippen LogP contribution in [0.2, 0.25) is 0 Å². The van der Waals surface area contributed by atoms with Gasteiger partial charge >= 0.3 is 0 Å². The van der Waals surface area contributed by atoms with Crippen LogP contribution in [0.25, 0.3) is 0 Å². The molecule has 0 bridgehead atoms. The van der Waals surface area contributed by atoms with Crippen molar-refractivity contribution in [2.45, 2.75) is 38.8 Å². The highest BCUT2D eigenvalue weighted by Gasteiger charge is 2.29. The largest absolute Gasteiger partial charge is 0.311 e. The molecule has 3 nitrogen and oxygen atoms in total. The monoisotopic (exact) mass is 244 g/mol. The van der Waals surface area contributed by atoms with Gasteiger partial charge in [0.15, 0.2) is 0 Å². The Balaban J connectivity index is 1.86. The van der Waals surface area contributed by atoms with Gasteiger partial charge in [0.05, 0.1) is 0 Å². The Hall–Kier alpha value is 0.0700. The quantitative estimate of drug-likeness (QED) is 0.781. The zero-order valence-corrected chi connectivity index (χ0v) is 11.3. The lowest BCUT2D eigenvalue weighted by atomic mass is 9.99. The molecule has 0 saturated carbocycles. The van der Waals surface area contributed by atoms with Gasteiger partial charge in [0.1, 0.15) is 0 Å². The van der Waals surface area contributed by atoms with Crippen LogP contribution in [-0.2, 0) is 10.8 Å². The number of rotatable bonds is 2. The van der Waals surface area contributed by atoms with Crippen molar-refractivity contribution in [1.29, 1.82) is 0 Å². The normalized spacial score (nSPS) is 37.8. The van der Waals surface area contributed by atoms with Crippen molar-refractivity contribution in [1.82, 2.24) is 10.2 Å². The van der Waals surface area contributed by atoms with Crippen LogP contribution in [0.1, 0.15) is 26.7 Å². The summed E-state index contributed by atoms with van der Waals surface area (Å²) in [5.74, 6) is 2.54. The topological polar surface area (TPSA) is 32.3 Å². The zero-order chi connectivity index (χ0) is 11.5. The van der Waals surface area contributed by atoms with E-state index in [4.69, 9.17) is 0 Å². The van der Waals surface area contributed by atoms with E-state index in [-0.39, 0.29) is 0 Å². The van der Waals surface area contributed by atoms with E-state index in [0.717, 1.165) is 30.9 Å². The first-order valence-electron chi connectivity index (χ1n) is 6.49. The fourth-order valence-electron chi connectivity index (χ4n) is 2.73. The van der Waals surface area contributed by atoms with E-state index in [1.807, 2.05) is 0 Å². The summed E-state index contributed by atoms with van der Waals surface area (Å²) >= 11 is 0. The Morgan fingerprint density at radius 2 is 2.00 bits per heavy atom. The van der Waals surface area contributed by atoms with Crippen LogP contribution in [0.15, 0.2) is 0 Å². The Kier molecular flexibility index (Phi) is 4.39. The summed E-state index contributed by atoms with van der Waals surface area (Å²) in [5.41, 5.74) is 0. The van der Waals surface area contributed by atoms with E-state index in [9.17, 15) is 4.21 Å². The van der Waals surface area contributed by atoms with Crippen molar-refractivity contribution in [3.05, 3.63) is 0 Å². The predicted octanol–water partition coefficient (Wildman–Crippen LogP) is 0.827. The van der Waals surface area contributed by atoms with E-state index in [2.05, 4.69) is 24.1 Å². The maximum absolute atomic E-state index is 11.3. The van der Waals surface area contributed by atoms with Gasteiger partial charge in [0.25, 0.3) is 0 Å². The third kappa shape index (κ3) is 3.05. The van der Waals surface area contributed by atoms with Gasteiger partial charge in [0.2, 0.25) is 0 Å². The maximum Gasteiger partial charge on any atom is 0.0249 e. The third-order valence-corrected chi connectivity index (χ3v) is 5.30. The highest BCUT2D eigenvalue weighted by molar-refractivity contribution is 7.85. The van der Waals surface area contributed by atoms with Gasteiger partial charge in [-0.15, -0.1) is 0 Å². The number of nitrogens with one attached hydrogen (secondary N) is 1. The van der Waals surface area contributed by atoms with Gasteiger partial charge in [-0.1, -0.05) is 13.8 Å². The average Bonchev–Trinajstić information content (AvgIpc) is 2.30. The van der Waals surface area contributed by atoms with Gasteiger partial charge in [-0.05, 0) is 18.8 Å². The lowest BCUT2D eigenvalue weighted by molar-refractivity contribution is 0.120. The molecule has 2 rings (SSSR count). The molecule has 0 amide bonds. The molecule has 0 aromatic carbocycles. The Morgan fingerprint density at radius 3 is 2.62 bits per heavy atom. The summed E-state index contributed by atoms with van der Waals surface area (Å²) in [4.78, 5) is 2.62. The van der Waals surface area contributed by atoms with Gasteiger partial charge in [-0.3, -0.25) is 9.11 Å². The molecule has 2 saturated heterocycles. The summed E-state index contributed by atoms with van der Waals surface area (Å²) in [6, 6.07) is 1.34. The highest BCUT2D eigenvalue weighted by atomic mass is 32.2. The minimum Gasteiger partial charge on any atom is -0.311 e. The van der Waals surface area contributed by atoms with Crippen molar-refractivity contribution in [3.8, 4) is 0 Å². The molecule has 2 heterocycles. The molecule has 0 aromatic heterocycles. The van der Waals surface area contributed by atoms with E-state index >= 15 is 0 Å². The van der Waals surface area contributed by atoms with Gasteiger partial charge in [0, 0.05) is 54.0 Å². The lowest BCUT2D eigenvalue weighted by Gasteiger charge is -2.41. The Labute approximate surface area is 101 Å². The second kappa shape index (κ2) is 5.61. The molecule has 94 valence electrons. The maximum atomic E-state index is 11.3. The molecule has 1 atom stereocenters. The van der Waals surface area contributed by atoms with Crippen molar-refractivity contribution < 1.29 is 4.21 Å². The first kappa shape index (κ1) is 12.5. The Bertz CT molecular complexity index is 247. The summed E-state index contributed by atoms with van der Waals surface area (Å²) in [6.07, 6.45) is 2.27. The number of hydrogen-bond acceptors (Lipinski definition) is 3. The zero-order valence-electron chi connectivity index (χ0n) is 10.4. The SMILES string of the molecule is CC(C)C1CN(C2CCS(=O)CC2)CCN1. The fourth-order valence-corrected chi connectivity index (χ4v) is 4.00. The van der Waals surface area contributed by atoms with E-state index in [0.29, 0.717) is 18.0 Å². The number of piperazine rings is 1. The molecule has 0 aliphatic carbocycles. The average molecular weight is 244 g/mol. The van der Waals surface area contributed by atoms with Gasteiger partial charge in [-0.2, -0.15) is 0 Å². The molecule has 0 aromatic rings. The fraction of sp³-hybridized carbons (Fsp3) is 1.00. The first-order valence-corrected chi connectivity index (χ1v) is 7.98. The second-order valence-corrected chi connectivity index (χ2v) is 7.07. The molecule has 2 fully saturated rings. The van der Waals surface area contributed by atoms with Crippen LogP contribution in [-0.4, -0.2) is 52.3 Å². The minimum absolute atomic E-state index is 0.525. The summed E-state index contributed by atoms with van der Waals surface area (Å²) < 4.78 is 11.3. The molecule has 2 aliphatic rings.